The van der Waals surface area contributed by atoms with E-state index >= 15 is 0 Å². The number of carbonyl (C=O) groups excluding carboxylic acids is 2. The first-order valence-electron chi connectivity index (χ1n) is 7.13. The number of anilines is 2. The lowest BCUT2D eigenvalue weighted by molar-refractivity contribution is -0.130. The fourth-order valence-electron chi connectivity index (χ4n) is 2.44. The fraction of sp³-hybridized carbons (Fsp3) is 0.467. The van der Waals surface area contributed by atoms with E-state index in [4.69, 9.17) is 10.5 Å². The molecule has 0 aliphatic carbocycles. The van der Waals surface area contributed by atoms with Gasteiger partial charge in [-0.05, 0) is 31.0 Å². The highest BCUT2D eigenvalue weighted by Crippen LogP contribution is 2.31. The summed E-state index contributed by atoms with van der Waals surface area (Å²) in [7, 11) is 0. The number of benzene rings is 1. The van der Waals surface area contributed by atoms with Crippen LogP contribution in [0.1, 0.15) is 19.8 Å². The van der Waals surface area contributed by atoms with Crippen LogP contribution in [-0.4, -0.2) is 31.6 Å². The summed E-state index contributed by atoms with van der Waals surface area (Å²) in [6, 6.07) is 4.03. The molecule has 1 saturated heterocycles. The van der Waals surface area contributed by atoms with E-state index in [2.05, 4.69) is 10.6 Å². The van der Waals surface area contributed by atoms with E-state index in [0.717, 1.165) is 0 Å². The number of rotatable bonds is 4. The minimum atomic E-state index is -0.666. The van der Waals surface area contributed by atoms with Crippen LogP contribution in [0.25, 0.3) is 0 Å². The van der Waals surface area contributed by atoms with Crippen LogP contribution in [0, 0.1) is 11.2 Å². The van der Waals surface area contributed by atoms with Gasteiger partial charge in [0, 0.05) is 32.4 Å². The molecule has 1 fully saturated rings. The van der Waals surface area contributed by atoms with Crippen molar-refractivity contribution >= 4 is 23.2 Å². The van der Waals surface area contributed by atoms with Crippen LogP contribution in [0.15, 0.2) is 18.2 Å². The summed E-state index contributed by atoms with van der Waals surface area (Å²) in [5.41, 5.74) is 5.55. The number of carbonyl (C=O) groups is 2. The Morgan fingerprint density at radius 2 is 2.00 bits per heavy atom. The highest BCUT2D eigenvalue weighted by atomic mass is 19.1. The predicted octanol–water partition coefficient (Wildman–Crippen LogP) is 1.48. The lowest BCUT2D eigenvalue weighted by atomic mass is 9.79. The maximum atomic E-state index is 13.6. The monoisotopic (exact) mass is 309 g/mol. The second-order valence-electron chi connectivity index (χ2n) is 5.43. The minimum absolute atomic E-state index is 0.0269. The Hall–Kier alpha value is -1.99. The molecule has 7 heteroatoms. The molecule has 0 unspecified atom stereocenters. The van der Waals surface area contributed by atoms with Gasteiger partial charge in [-0.2, -0.15) is 0 Å². The summed E-state index contributed by atoms with van der Waals surface area (Å²) in [4.78, 5) is 23.6. The first-order valence-corrected chi connectivity index (χ1v) is 7.13. The molecule has 1 aliphatic rings. The van der Waals surface area contributed by atoms with Crippen LogP contribution in [0.2, 0.25) is 0 Å². The third kappa shape index (κ3) is 3.61. The van der Waals surface area contributed by atoms with Crippen LogP contribution in [0.4, 0.5) is 15.8 Å². The molecule has 1 aliphatic heterocycles. The average molecular weight is 309 g/mol. The summed E-state index contributed by atoms with van der Waals surface area (Å²) in [5, 5.41) is 5.13. The van der Waals surface area contributed by atoms with Gasteiger partial charge in [-0.1, -0.05) is 0 Å². The molecule has 0 atom stereocenters. The SMILES string of the molecule is CC(=O)Nc1cc(NC(=O)C2(CN)CCOCC2)ccc1F. The molecular formula is C15H20FN3O3. The lowest BCUT2D eigenvalue weighted by Gasteiger charge is -2.34. The zero-order valence-electron chi connectivity index (χ0n) is 12.4. The Bertz CT molecular complexity index is 571. The van der Waals surface area contributed by atoms with Gasteiger partial charge < -0.3 is 21.1 Å². The highest BCUT2D eigenvalue weighted by molar-refractivity contribution is 5.96. The van der Waals surface area contributed by atoms with Gasteiger partial charge in [-0.15, -0.1) is 0 Å². The highest BCUT2D eigenvalue weighted by Gasteiger charge is 2.38. The van der Waals surface area contributed by atoms with E-state index in [0.29, 0.717) is 31.7 Å². The lowest BCUT2D eigenvalue weighted by Crippen LogP contribution is -2.46. The van der Waals surface area contributed by atoms with Crippen molar-refractivity contribution in [3.05, 3.63) is 24.0 Å². The fourth-order valence-corrected chi connectivity index (χ4v) is 2.44. The zero-order chi connectivity index (χ0) is 16.2. The van der Waals surface area contributed by atoms with E-state index in [1.807, 2.05) is 0 Å². The van der Waals surface area contributed by atoms with Gasteiger partial charge in [0.1, 0.15) is 5.82 Å². The van der Waals surface area contributed by atoms with Crippen molar-refractivity contribution in [2.45, 2.75) is 19.8 Å². The van der Waals surface area contributed by atoms with Crippen molar-refractivity contribution in [1.82, 2.24) is 0 Å². The van der Waals surface area contributed by atoms with Crippen molar-refractivity contribution in [3.8, 4) is 0 Å². The molecule has 0 bridgehead atoms. The standard InChI is InChI=1S/C15H20FN3O3/c1-10(20)18-13-8-11(2-3-12(13)16)19-14(21)15(9-17)4-6-22-7-5-15/h2-3,8H,4-7,9,17H2,1H3,(H,18,20)(H,19,21). The zero-order valence-corrected chi connectivity index (χ0v) is 12.4. The normalized spacial score (nSPS) is 16.9. The molecule has 6 nitrogen and oxygen atoms in total. The number of nitrogens with one attached hydrogen (secondary N) is 2. The molecule has 2 rings (SSSR count). The maximum absolute atomic E-state index is 13.6. The molecule has 1 aromatic carbocycles. The van der Waals surface area contributed by atoms with Gasteiger partial charge >= 0.3 is 0 Å². The van der Waals surface area contributed by atoms with Gasteiger partial charge in [0.2, 0.25) is 11.8 Å². The summed E-state index contributed by atoms with van der Waals surface area (Å²) in [5.74, 6) is -1.16. The van der Waals surface area contributed by atoms with Crippen LogP contribution < -0.4 is 16.4 Å². The molecule has 120 valence electrons. The Kier molecular flexibility index (Phi) is 5.10. The molecule has 1 heterocycles. The van der Waals surface area contributed by atoms with E-state index in [1.54, 1.807) is 0 Å². The smallest absolute Gasteiger partial charge is 0.232 e. The van der Waals surface area contributed by atoms with Gasteiger partial charge in [0.05, 0.1) is 11.1 Å². The topological polar surface area (TPSA) is 93.5 Å². The average Bonchev–Trinajstić information content (AvgIpc) is 2.50. The first-order chi connectivity index (χ1) is 10.5. The van der Waals surface area contributed by atoms with Crippen molar-refractivity contribution in [1.29, 1.82) is 0 Å². The summed E-state index contributed by atoms with van der Waals surface area (Å²) in [6.45, 7) is 2.49. The molecule has 22 heavy (non-hydrogen) atoms. The Morgan fingerprint density at radius 1 is 1.32 bits per heavy atom. The second kappa shape index (κ2) is 6.85. The molecule has 0 aromatic heterocycles. The number of nitrogens with two attached hydrogens (primary N) is 1. The summed E-state index contributed by atoms with van der Waals surface area (Å²) >= 11 is 0. The van der Waals surface area contributed by atoms with Gasteiger partial charge in [0.25, 0.3) is 0 Å². The molecular weight excluding hydrogens is 289 g/mol. The van der Waals surface area contributed by atoms with Gasteiger partial charge in [-0.3, -0.25) is 9.59 Å². The molecule has 1 aromatic rings. The number of amides is 2. The Morgan fingerprint density at radius 3 is 2.59 bits per heavy atom. The minimum Gasteiger partial charge on any atom is -0.381 e. The number of ether oxygens (including phenoxy) is 1. The van der Waals surface area contributed by atoms with Crippen molar-refractivity contribution in [2.24, 2.45) is 11.1 Å². The summed E-state index contributed by atoms with van der Waals surface area (Å²) < 4.78 is 18.9. The van der Waals surface area contributed by atoms with Crippen molar-refractivity contribution in [2.75, 3.05) is 30.4 Å². The quantitative estimate of drug-likeness (QED) is 0.785. The second-order valence-corrected chi connectivity index (χ2v) is 5.43. The first kappa shape index (κ1) is 16.4. The van der Waals surface area contributed by atoms with E-state index < -0.39 is 11.2 Å². The number of hydrogen-bond donors (Lipinski definition) is 3. The third-order valence-corrected chi connectivity index (χ3v) is 3.86. The number of hydrogen-bond acceptors (Lipinski definition) is 4. The van der Waals surface area contributed by atoms with E-state index in [9.17, 15) is 14.0 Å². The number of halogens is 1. The van der Waals surface area contributed by atoms with Crippen LogP contribution in [0.3, 0.4) is 0 Å². The molecule has 0 saturated carbocycles. The molecule has 0 spiro atoms. The molecule has 2 amide bonds. The van der Waals surface area contributed by atoms with E-state index in [1.165, 1.54) is 25.1 Å². The van der Waals surface area contributed by atoms with Crippen molar-refractivity contribution < 1.29 is 18.7 Å². The molecule has 4 N–H and O–H groups in total. The van der Waals surface area contributed by atoms with E-state index in [-0.39, 0.29) is 24.0 Å². The predicted molar refractivity (Wildman–Crippen MR) is 80.9 cm³/mol. The van der Waals surface area contributed by atoms with Gasteiger partial charge in [0.15, 0.2) is 0 Å². The maximum Gasteiger partial charge on any atom is 0.232 e. The summed E-state index contributed by atoms with van der Waals surface area (Å²) in [6.07, 6.45) is 1.10. The Labute approximate surface area is 128 Å². The van der Waals surface area contributed by atoms with Crippen molar-refractivity contribution in [3.63, 3.8) is 0 Å². The third-order valence-electron chi connectivity index (χ3n) is 3.86. The van der Waals surface area contributed by atoms with Gasteiger partial charge in [-0.25, -0.2) is 4.39 Å². The largest absolute Gasteiger partial charge is 0.381 e. The molecule has 0 radical (unpaired) electrons. The van der Waals surface area contributed by atoms with Crippen LogP contribution in [-0.2, 0) is 14.3 Å². The van der Waals surface area contributed by atoms with Crippen LogP contribution >= 0.6 is 0 Å². The Balaban J connectivity index is 2.15. The van der Waals surface area contributed by atoms with Crippen LogP contribution in [0.5, 0.6) is 0 Å².